The second-order valence-electron chi connectivity index (χ2n) is 7.67. The van der Waals surface area contributed by atoms with Crippen LogP contribution in [0.3, 0.4) is 0 Å². The monoisotopic (exact) mass is 397 g/mol. The van der Waals surface area contributed by atoms with Crippen LogP contribution in [0.25, 0.3) is 0 Å². The number of anilines is 1. The van der Waals surface area contributed by atoms with Crippen molar-refractivity contribution in [3.63, 3.8) is 0 Å². The number of benzene rings is 2. The predicted octanol–water partition coefficient (Wildman–Crippen LogP) is 5.06. The number of nitrogens with zero attached hydrogens (tertiary/aromatic N) is 1. The number of aryl methyl sites for hydroxylation is 2. The Morgan fingerprint density at radius 1 is 1.11 bits per heavy atom. The van der Waals surface area contributed by atoms with E-state index in [-0.39, 0.29) is 6.03 Å². The standard InChI is InChI=1S/C23H31N3OS/c1-17-8-9-21(14-18(17)2)25-23(27)24-15-19-10-12-26(13-11-19)16-20-6-4-5-7-22(20)28-3/h4-9,14,19H,10-13,15-16H2,1-3H3,(H2,24,25,27). The number of hydrogen-bond acceptors (Lipinski definition) is 3. The van der Waals surface area contributed by atoms with Crippen LogP contribution in [0.1, 0.15) is 29.5 Å². The van der Waals surface area contributed by atoms with Crippen LogP contribution < -0.4 is 10.6 Å². The Bertz CT molecular complexity index is 800. The van der Waals surface area contributed by atoms with E-state index < -0.39 is 0 Å². The Hall–Kier alpha value is -1.98. The first-order valence-corrected chi connectivity index (χ1v) is 11.2. The Morgan fingerprint density at radius 2 is 1.86 bits per heavy atom. The van der Waals surface area contributed by atoms with Gasteiger partial charge in [-0.05, 0) is 86.8 Å². The molecular formula is C23H31N3OS. The molecule has 0 saturated carbocycles. The lowest BCUT2D eigenvalue weighted by atomic mass is 9.96. The normalized spacial score (nSPS) is 15.4. The molecule has 0 atom stereocenters. The summed E-state index contributed by atoms with van der Waals surface area (Å²) in [7, 11) is 0. The number of urea groups is 1. The van der Waals surface area contributed by atoms with Crippen molar-refractivity contribution in [3.05, 3.63) is 59.2 Å². The van der Waals surface area contributed by atoms with E-state index >= 15 is 0 Å². The summed E-state index contributed by atoms with van der Waals surface area (Å²) in [6, 6.07) is 14.6. The number of likely N-dealkylation sites (tertiary alicyclic amines) is 1. The molecule has 3 rings (SSSR count). The topological polar surface area (TPSA) is 44.4 Å². The lowest BCUT2D eigenvalue weighted by molar-refractivity contribution is 0.175. The summed E-state index contributed by atoms with van der Waals surface area (Å²) in [5, 5.41) is 5.99. The highest BCUT2D eigenvalue weighted by Crippen LogP contribution is 2.24. The molecule has 0 radical (unpaired) electrons. The number of carbonyl (C=O) groups is 1. The fourth-order valence-corrected chi connectivity index (χ4v) is 4.26. The van der Waals surface area contributed by atoms with Crippen LogP contribution in [-0.4, -0.2) is 36.8 Å². The van der Waals surface area contributed by atoms with E-state index in [1.54, 1.807) is 0 Å². The third kappa shape index (κ3) is 5.76. The maximum atomic E-state index is 12.2. The molecule has 1 heterocycles. The van der Waals surface area contributed by atoms with Crippen molar-refractivity contribution in [2.45, 2.75) is 38.1 Å². The number of hydrogen-bond donors (Lipinski definition) is 2. The van der Waals surface area contributed by atoms with Gasteiger partial charge in [0.05, 0.1) is 0 Å². The molecule has 150 valence electrons. The van der Waals surface area contributed by atoms with E-state index in [1.807, 2.05) is 30.0 Å². The summed E-state index contributed by atoms with van der Waals surface area (Å²) >= 11 is 1.82. The predicted molar refractivity (Wildman–Crippen MR) is 119 cm³/mol. The molecule has 0 aliphatic carbocycles. The number of nitrogens with one attached hydrogen (secondary N) is 2. The number of thioether (sulfide) groups is 1. The van der Waals surface area contributed by atoms with Gasteiger partial charge in [0.25, 0.3) is 0 Å². The lowest BCUT2D eigenvalue weighted by Gasteiger charge is -2.32. The third-order valence-electron chi connectivity index (χ3n) is 5.61. The van der Waals surface area contributed by atoms with Gasteiger partial charge in [-0.2, -0.15) is 0 Å². The Kier molecular flexibility index (Phi) is 7.40. The molecule has 28 heavy (non-hydrogen) atoms. The van der Waals surface area contributed by atoms with Crippen molar-refractivity contribution >= 4 is 23.5 Å². The van der Waals surface area contributed by atoms with Gasteiger partial charge in [-0.3, -0.25) is 4.90 Å². The average Bonchev–Trinajstić information content (AvgIpc) is 2.71. The highest BCUT2D eigenvalue weighted by Gasteiger charge is 2.20. The molecule has 5 heteroatoms. The largest absolute Gasteiger partial charge is 0.338 e. The van der Waals surface area contributed by atoms with Gasteiger partial charge in [-0.15, -0.1) is 11.8 Å². The third-order valence-corrected chi connectivity index (χ3v) is 6.45. The van der Waals surface area contributed by atoms with Crippen LogP contribution in [0.15, 0.2) is 47.4 Å². The van der Waals surface area contributed by atoms with Crippen molar-refractivity contribution in [1.29, 1.82) is 0 Å². The minimum Gasteiger partial charge on any atom is -0.338 e. The molecule has 0 aromatic heterocycles. The Balaban J connectivity index is 1.40. The van der Waals surface area contributed by atoms with Crippen molar-refractivity contribution in [1.82, 2.24) is 10.2 Å². The minimum atomic E-state index is -0.111. The lowest BCUT2D eigenvalue weighted by Crippen LogP contribution is -2.39. The second-order valence-corrected chi connectivity index (χ2v) is 8.51. The van der Waals surface area contributed by atoms with Gasteiger partial charge in [0.1, 0.15) is 0 Å². The molecule has 2 N–H and O–H groups in total. The molecule has 1 aliphatic rings. The summed E-state index contributed by atoms with van der Waals surface area (Å²) in [5.41, 5.74) is 4.69. The number of rotatable bonds is 6. The molecule has 0 unspecified atom stereocenters. The summed E-state index contributed by atoms with van der Waals surface area (Å²) < 4.78 is 0. The molecular weight excluding hydrogens is 366 g/mol. The Morgan fingerprint density at radius 3 is 2.57 bits per heavy atom. The summed E-state index contributed by atoms with van der Waals surface area (Å²) in [6.45, 7) is 8.08. The fourth-order valence-electron chi connectivity index (χ4n) is 3.65. The first kappa shape index (κ1) is 20.7. The van der Waals surface area contributed by atoms with Gasteiger partial charge in [-0.25, -0.2) is 4.79 Å². The first-order chi connectivity index (χ1) is 13.5. The van der Waals surface area contributed by atoms with Gasteiger partial charge in [0.2, 0.25) is 0 Å². The van der Waals surface area contributed by atoms with E-state index in [0.717, 1.165) is 44.7 Å². The first-order valence-electron chi connectivity index (χ1n) is 10.0. The van der Waals surface area contributed by atoms with Crippen LogP contribution in [0, 0.1) is 19.8 Å². The van der Waals surface area contributed by atoms with Crippen molar-refractivity contribution < 1.29 is 4.79 Å². The van der Waals surface area contributed by atoms with Crippen LogP contribution in [0.4, 0.5) is 10.5 Å². The van der Waals surface area contributed by atoms with Gasteiger partial charge in [0.15, 0.2) is 0 Å². The van der Waals surface area contributed by atoms with Crippen molar-refractivity contribution in [2.75, 3.05) is 31.2 Å². The molecule has 2 amide bonds. The van der Waals surface area contributed by atoms with E-state index in [0.29, 0.717) is 5.92 Å². The van der Waals surface area contributed by atoms with Crippen LogP contribution in [-0.2, 0) is 6.54 Å². The zero-order valence-electron chi connectivity index (χ0n) is 17.1. The van der Waals surface area contributed by atoms with Gasteiger partial charge >= 0.3 is 6.03 Å². The fraction of sp³-hybridized carbons (Fsp3) is 0.435. The maximum Gasteiger partial charge on any atom is 0.319 e. The van der Waals surface area contributed by atoms with Crippen molar-refractivity contribution in [2.24, 2.45) is 5.92 Å². The highest BCUT2D eigenvalue weighted by atomic mass is 32.2. The number of piperidine rings is 1. The van der Waals surface area contributed by atoms with E-state index in [2.05, 4.69) is 59.9 Å². The second kappa shape index (κ2) is 9.99. The highest BCUT2D eigenvalue weighted by molar-refractivity contribution is 7.98. The van der Waals surface area contributed by atoms with Gasteiger partial charge in [-0.1, -0.05) is 24.3 Å². The molecule has 1 saturated heterocycles. The molecule has 1 aliphatic heterocycles. The van der Waals surface area contributed by atoms with Crippen molar-refractivity contribution in [3.8, 4) is 0 Å². The van der Waals surface area contributed by atoms with E-state index in [4.69, 9.17) is 0 Å². The van der Waals surface area contributed by atoms with E-state index in [9.17, 15) is 4.79 Å². The number of carbonyl (C=O) groups excluding carboxylic acids is 1. The molecule has 2 aromatic rings. The average molecular weight is 398 g/mol. The molecule has 1 fully saturated rings. The summed E-state index contributed by atoms with van der Waals surface area (Å²) in [5.74, 6) is 0.553. The van der Waals surface area contributed by atoms with Crippen LogP contribution in [0.5, 0.6) is 0 Å². The Labute approximate surface area is 173 Å². The van der Waals surface area contributed by atoms with E-state index in [1.165, 1.54) is 21.6 Å². The quantitative estimate of drug-likeness (QED) is 0.670. The van der Waals surface area contributed by atoms with Gasteiger partial charge < -0.3 is 10.6 Å². The molecule has 4 nitrogen and oxygen atoms in total. The minimum absolute atomic E-state index is 0.111. The molecule has 0 spiro atoms. The zero-order chi connectivity index (χ0) is 19.9. The zero-order valence-corrected chi connectivity index (χ0v) is 17.9. The SMILES string of the molecule is CSc1ccccc1CN1CCC(CNC(=O)Nc2ccc(C)c(C)c2)CC1. The van der Waals surface area contributed by atoms with Crippen LogP contribution >= 0.6 is 11.8 Å². The van der Waals surface area contributed by atoms with Gasteiger partial charge in [0, 0.05) is 23.7 Å². The number of amides is 2. The maximum absolute atomic E-state index is 12.2. The molecule has 0 bridgehead atoms. The smallest absolute Gasteiger partial charge is 0.319 e. The summed E-state index contributed by atoms with van der Waals surface area (Å²) in [4.78, 5) is 16.1. The summed E-state index contributed by atoms with van der Waals surface area (Å²) in [6.07, 6.45) is 4.40. The molecule has 2 aromatic carbocycles. The van der Waals surface area contributed by atoms with Crippen LogP contribution in [0.2, 0.25) is 0 Å².